The smallest absolute Gasteiger partial charge is 0.282 e. The fourth-order valence-corrected chi connectivity index (χ4v) is 6.18. The van der Waals surface area contributed by atoms with E-state index < -0.39 is 35.3 Å². The molecular weight excluding hydrogens is 384 g/mol. The van der Waals surface area contributed by atoms with Crippen molar-refractivity contribution in [2.75, 3.05) is 18.4 Å². The number of benzene rings is 1. The number of nitro groups is 1. The van der Waals surface area contributed by atoms with Gasteiger partial charge in [-0.1, -0.05) is 0 Å². The third-order valence-corrected chi connectivity index (χ3v) is 7.27. The molecule has 4 aliphatic carbocycles. The zero-order valence-corrected chi connectivity index (χ0v) is 15.7. The maximum Gasteiger partial charge on any atom is 0.282 e. The predicted octanol–water partition coefficient (Wildman–Crippen LogP) is 3.45. The Morgan fingerprint density at radius 3 is 2.38 bits per heavy atom. The number of likely N-dealkylation sites (tertiary alicyclic amines) is 1. The molecule has 0 spiro atoms. The van der Waals surface area contributed by atoms with Crippen LogP contribution in [0.4, 0.5) is 20.2 Å². The van der Waals surface area contributed by atoms with Gasteiger partial charge in [0.25, 0.3) is 17.5 Å². The van der Waals surface area contributed by atoms with Crippen molar-refractivity contribution in [3.05, 3.63) is 33.9 Å². The lowest BCUT2D eigenvalue weighted by atomic mass is 9.75. The van der Waals surface area contributed by atoms with Gasteiger partial charge in [0, 0.05) is 12.1 Å². The van der Waals surface area contributed by atoms with E-state index in [9.17, 15) is 28.5 Å². The van der Waals surface area contributed by atoms with Gasteiger partial charge in [-0.2, -0.15) is 0 Å². The first-order valence-corrected chi connectivity index (χ1v) is 9.94. The summed E-state index contributed by atoms with van der Waals surface area (Å²) in [6.07, 6.45) is 4.86. The van der Waals surface area contributed by atoms with Gasteiger partial charge in [-0.05, 0) is 55.9 Å². The molecule has 2 atom stereocenters. The number of amides is 2. The van der Waals surface area contributed by atoms with Crippen LogP contribution in [0, 0.1) is 33.3 Å². The number of hydrogen-bond acceptors (Lipinski definition) is 4. The number of rotatable bonds is 4. The first-order chi connectivity index (χ1) is 13.7. The summed E-state index contributed by atoms with van der Waals surface area (Å²) in [4.78, 5) is 37.5. The van der Waals surface area contributed by atoms with Crippen molar-refractivity contribution in [3.63, 3.8) is 0 Å². The SMILES string of the molecule is O=C(c1ccc([N+](=O)[O-])cc1NC(=O)C12CC3CC(CC1C3)C2)N1CC(F)(F)C1. The summed E-state index contributed by atoms with van der Waals surface area (Å²) in [5.74, 6) is -2.36. The topological polar surface area (TPSA) is 92.5 Å². The summed E-state index contributed by atoms with van der Waals surface area (Å²) < 4.78 is 26.4. The van der Waals surface area contributed by atoms with Crippen LogP contribution in [-0.2, 0) is 4.79 Å². The highest BCUT2D eigenvalue weighted by molar-refractivity contribution is 6.06. The average Bonchev–Trinajstić information content (AvgIpc) is 3.04. The number of carbonyl (C=O) groups is 2. The molecular formula is C20H21F2N3O4. The van der Waals surface area contributed by atoms with Crippen LogP contribution in [-0.4, -0.2) is 40.6 Å². The van der Waals surface area contributed by atoms with Crippen LogP contribution in [0.25, 0.3) is 0 Å². The van der Waals surface area contributed by atoms with E-state index in [-0.39, 0.29) is 22.8 Å². The summed E-state index contributed by atoms with van der Waals surface area (Å²) in [6, 6.07) is 3.55. The minimum absolute atomic E-state index is 0.00792. The summed E-state index contributed by atoms with van der Waals surface area (Å²) in [6.45, 7) is -1.38. The molecule has 2 amide bonds. The van der Waals surface area contributed by atoms with Gasteiger partial charge in [0.2, 0.25) is 5.91 Å². The molecule has 5 fully saturated rings. The van der Waals surface area contributed by atoms with Gasteiger partial charge in [-0.3, -0.25) is 19.7 Å². The Balaban J connectivity index is 1.44. The Labute approximate surface area is 165 Å². The molecule has 4 bridgehead atoms. The second kappa shape index (κ2) is 5.96. The van der Waals surface area contributed by atoms with Crippen molar-refractivity contribution >= 4 is 23.2 Å². The molecule has 29 heavy (non-hydrogen) atoms. The van der Waals surface area contributed by atoms with Crippen LogP contribution in [0.2, 0.25) is 0 Å². The van der Waals surface area contributed by atoms with Crippen LogP contribution >= 0.6 is 0 Å². The van der Waals surface area contributed by atoms with Crippen molar-refractivity contribution in [3.8, 4) is 0 Å². The second-order valence-electron chi connectivity index (χ2n) is 9.16. The quantitative estimate of drug-likeness (QED) is 0.613. The molecule has 1 N–H and O–H groups in total. The van der Waals surface area contributed by atoms with Crippen LogP contribution in [0.3, 0.4) is 0 Å². The molecule has 7 nitrogen and oxygen atoms in total. The maximum absolute atomic E-state index is 13.3. The molecule has 1 aromatic rings. The highest BCUT2D eigenvalue weighted by atomic mass is 19.3. The lowest BCUT2D eigenvalue weighted by Gasteiger charge is -2.39. The lowest BCUT2D eigenvalue weighted by molar-refractivity contribution is -0.384. The van der Waals surface area contributed by atoms with Gasteiger partial charge in [0.1, 0.15) is 0 Å². The first-order valence-electron chi connectivity index (χ1n) is 9.94. The number of anilines is 1. The third-order valence-electron chi connectivity index (χ3n) is 7.27. The van der Waals surface area contributed by atoms with Crippen LogP contribution in [0.1, 0.15) is 42.5 Å². The number of nitro benzene ring substituents is 1. The van der Waals surface area contributed by atoms with Gasteiger partial charge >= 0.3 is 0 Å². The Morgan fingerprint density at radius 2 is 1.79 bits per heavy atom. The Morgan fingerprint density at radius 1 is 1.14 bits per heavy atom. The standard InChI is InChI=1S/C20H21F2N3O4/c21-20(22)9-24(10-20)17(26)15-2-1-14(25(28)29)6-16(15)23-18(27)19-7-11-3-12(8-19)5-13(19)4-11/h1-2,6,11-13H,3-5,7-10H2,(H,23,27). The molecule has 1 heterocycles. The Kier molecular flexibility index (Phi) is 3.79. The molecule has 1 aromatic carbocycles. The zero-order chi connectivity index (χ0) is 20.6. The van der Waals surface area contributed by atoms with Crippen molar-refractivity contribution in [1.82, 2.24) is 4.90 Å². The number of non-ortho nitro benzene ring substituents is 1. The Hall–Kier alpha value is -2.58. The van der Waals surface area contributed by atoms with E-state index in [1.54, 1.807) is 0 Å². The van der Waals surface area contributed by atoms with Crippen molar-refractivity contribution in [1.29, 1.82) is 0 Å². The fourth-order valence-electron chi connectivity index (χ4n) is 6.18. The summed E-state index contributed by atoms with van der Waals surface area (Å²) >= 11 is 0. The second-order valence-corrected chi connectivity index (χ2v) is 9.16. The van der Waals surface area contributed by atoms with E-state index in [0.717, 1.165) is 49.1 Å². The van der Waals surface area contributed by atoms with E-state index in [0.29, 0.717) is 17.8 Å². The molecule has 0 aromatic heterocycles. The molecule has 6 rings (SSSR count). The third kappa shape index (κ3) is 2.81. The van der Waals surface area contributed by atoms with E-state index in [1.165, 1.54) is 6.07 Å². The molecule has 1 saturated heterocycles. The largest absolute Gasteiger partial charge is 0.326 e. The Bertz CT molecular complexity index is 912. The number of nitrogens with zero attached hydrogens (tertiary/aromatic N) is 2. The highest BCUT2D eigenvalue weighted by Gasteiger charge is 2.61. The summed E-state index contributed by atoms with van der Waals surface area (Å²) in [5, 5.41) is 14.0. The highest BCUT2D eigenvalue weighted by Crippen LogP contribution is 2.65. The van der Waals surface area contributed by atoms with Crippen LogP contribution in [0.15, 0.2) is 18.2 Å². The molecule has 154 valence electrons. The number of carbonyl (C=O) groups excluding carboxylic acids is 2. The van der Waals surface area contributed by atoms with E-state index in [4.69, 9.17) is 0 Å². The fraction of sp³-hybridized carbons (Fsp3) is 0.600. The van der Waals surface area contributed by atoms with E-state index >= 15 is 0 Å². The molecule has 5 aliphatic rings. The van der Waals surface area contributed by atoms with Gasteiger partial charge in [0.15, 0.2) is 0 Å². The minimum Gasteiger partial charge on any atom is -0.326 e. The van der Waals surface area contributed by atoms with Crippen LogP contribution < -0.4 is 5.32 Å². The first kappa shape index (κ1) is 18.4. The van der Waals surface area contributed by atoms with E-state index in [1.807, 2.05) is 0 Å². The monoisotopic (exact) mass is 405 g/mol. The normalized spacial score (nSPS) is 33.4. The van der Waals surface area contributed by atoms with Gasteiger partial charge in [0.05, 0.1) is 34.7 Å². The molecule has 9 heteroatoms. The molecule has 2 unspecified atom stereocenters. The maximum atomic E-state index is 13.3. The minimum atomic E-state index is -2.92. The number of hydrogen-bond donors (Lipinski definition) is 1. The van der Waals surface area contributed by atoms with Gasteiger partial charge in [-0.15, -0.1) is 0 Å². The number of nitrogens with one attached hydrogen (secondary N) is 1. The molecule has 0 radical (unpaired) electrons. The summed E-state index contributed by atoms with van der Waals surface area (Å²) in [5.41, 5.74) is -0.693. The summed E-state index contributed by atoms with van der Waals surface area (Å²) in [7, 11) is 0. The zero-order valence-electron chi connectivity index (χ0n) is 15.7. The van der Waals surface area contributed by atoms with Crippen molar-refractivity contribution in [2.45, 2.75) is 38.0 Å². The predicted molar refractivity (Wildman–Crippen MR) is 98.6 cm³/mol. The number of alkyl halides is 2. The number of halogens is 2. The molecule has 4 saturated carbocycles. The van der Waals surface area contributed by atoms with Gasteiger partial charge in [-0.25, -0.2) is 8.78 Å². The lowest BCUT2D eigenvalue weighted by Crippen LogP contribution is -2.58. The average molecular weight is 405 g/mol. The molecule has 1 aliphatic heterocycles. The van der Waals surface area contributed by atoms with E-state index in [2.05, 4.69) is 5.32 Å². The van der Waals surface area contributed by atoms with Gasteiger partial charge < -0.3 is 10.2 Å². The van der Waals surface area contributed by atoms with Crippen molar-refractivity contribution in [2.24, 2.45) is 23.2 Å². The van der Waals surface area contributed by atoms with Crippen LogP contribution in [0.5, 0.6) is 0 Å². The van der Waals surface area contributed by atoms with Crippen molar-refractivity contribution < 1.29 is 23.3 Å².